The lowest BCUT2D eigenvalue weighted by Crippen LogP contribution is -2.44. The molecule has 3 aromatic rings. The number of benzene rings is 2. The van der Waals surface area contributed by atoms with E-state index in [1.54, 1.807) is 18.2 Å². The third-order valence-corrected chi connectivity index (χ3v) is 5.34. The summed E-state index contributed by atoms with van der Waals surface area (Å²) in [6.45, 7) is 0. The minimum atomic E-state index is -0.571. The molecule has 0 aliphatic heterocycles. The lowest BCUT2D eigenvalue weighted by Gasteiger charge is -2.34. The van der Waals surface area contributed by atoms with Gasteiger partial charge in [-0.25, -0.2) is 0 Å². The van der Waals surface area contributed by atoms with Crippen LogP contribution in [0.5, 0.6) is 5.75 Å². The van der Waals surface area contributed by atoms with Crippen molar-refractivity contribution >= 4 is 23.2 Å². The van der Waals surface area contributed by atoms with Crippen LogP contribution >= 0.6 is 23.2 Å². The topological polar surface area (TPSA) is 74.2 Å². The molecule has 1 aliphatic rings. The fourth-order valence-electron chi connectivity index (χ4n) is 2.90. The Morgan fingerprint density at radius 3 is 2.50 bits per heavy atom. The number of aromatic nitrogens is 2. The van der Waals surface area contributed by atoms with Crippen LogP contribution in [0, 0.1) is 0 Å². The lowest BCUT2D eigenvalue weighted by molar-refractivity contribution is 0.191. The third kappa shape index (κ3) is 3.30. The Morgan fingerprint density at radius 2 is 1.85 bits per heavy atom. The monoisotopic (exact) mass is 389 g/mol. The van der Waals surface area contributed by atoms with Crippen molar-refractivity contribution in [1.29, 1.82) is 0 Å². The maximum Gasteiger partial charge on any atom is 0.272 e. The Morgan fingerprint density at radius 1 is 1.08 bits per heavy atom. The van der Waals surface area contributed by atoms with E-state index in [9.17, 15) is 0 Å². The first-order valence-electron chi connectivity index (χ1n) is 8.35. The molecule has 1 fully saturated rings. The number of rotatable bonds is 5. The predicted octanol–water partition coefficient (Wildman–Crippen LogP) is 4.88. The van der Waals surface area contributed by atoms with Gasteiger partial charge in [0, 0.05) is 11.6 Å². The second-order valence-corrected chi connectivity index (χ2v) is 7.26. The number of hydrogen-bond donors (Lipinski definition) is 1. The van der Waals surface area contributed by atoms with Gasteiger partial charge in [-0.2, -0.15) is 4.98 Å². The van der Waals surface area contributed by atoms with E-state index in [1.807, 2.05) is 30.3 Å². The number of nitrogens with two attached hydrogens (primary N) is 1. The first-order valence-corrected chi connectivity index (χ1v) is 9.10. The van der Waals surface area contributed by atoms with Crippen molar-refractivity contribution in [3.8, 4) is 5.75 Å². The summed E-state index contributed by atoms with van der Waals surface area (Å²) < 4.78 is 11.6. The van der Waals surface area contributed by atoms with Crippen molar-refractivity contribution in [2.24, 2.45) is 5.73 Å². The van der Waals surface area contributed by atoms with Crippen LogP contribution in [-0.4, -0.2) is 10.1 Å². The maximum atomic E-state index is 6.31. The molecule has 26 heavy (non-hydrogen) atoms. The van der Waals surface area contributed by atoms with Crippen molar-refractivity contribution in [2.75, 3.05) is 0 Å². The van der Waals surface area contributed by atoms with Gasteiger partial charge in [0.05, 0.1) is 15.6 Å². The molecule has 2 N–H and O–H groups in total. The third-order valence-electron chi connectivity index (χ3n) is 4.60. The molecule has 1 saturated carbocycles. The zero-order valence-corrected chi connectivity index (χ0v) is 15.4. The van der Waals surface area contributed by atoms with Crippen LogP contribution in [0.3, 0.4) is 0 Å². The summed E-state index contributed by atoms with van der Waals surface area (Å²) in [4.78, 5) is 4.53. The SMILES string of the molecule is NC1(c2noc(C(Oc3ccc(Cl)c(Cl)c3)c3ccccc3)n2)CCC1. The number of ether oxygens (including phenoxy) is 1. The van der Waals surface area contributed by atoms with Crippen LogP contribution in [0.15, 0.2) is 53.1 Å². The summed E-state index contributed by atoms with van der Waals surface area (Å²) in [5.41, 5.74) is 6.70. The highest BCUT2D eigenvalue weighted by atomic mass is 35.5. The summed E-state index contributed by atoms with van der Waals surface area (Å²) in [5.74, 6) is 1.44. The molecule has 0 bridgehead atoms. The molecule has 1 unspecified atom stereocenters. The minimum absolute atomic E-state index is 0.356. The lowest BCUT2D eigenvalue weighted by atomic mass is 9.77. The average molecular weight is 390 g/mol. The predicted molar refractivity (Wildman–Crippen MR) is 99.4 cm³/mol. The molecule has 0 amide bonds. The van der Waals surface area contributed by atoms with Crippen LogP contribution in [-0.2, 0) is 5.54 Å². The Balaban J connectivity index is 1.68. The summed E-state index contributed by atoms with van der Waals surface area (Å²) in [6, 6.07) is 14.8. The number of hydrogen-bond acceptors (Lipinski definition) is 5. The molecule has 5 nitrogen and oxygen atoms in total. The second kappa shape index (κ2) is 6.91. The van der Waals surface area contributed by atoms with Crippen LogP contribution in [0.4, 0.5) is 0 Å². The molecule has 0 spiro atoms. The van der Waals surface area contributed by atoms with Gasteiger partial charge in [-0.1, -0.05) is 58.7 Å². The quantitative estimate of drug-likeness (QED) is 0.672. The minimum Gasteiger partial charge on any atom is -0.476 e. The average Bonchev–Trinajstić information content (AvgIpc) is 3.11. The number of nitrogens with zero attached hydrogens (tertiary/aromatic N) is 2. The smallest absolute Gasteiger partial charge is 0.272 e. The summed E-state index contributed by atoms with van der Waals surface area (Å²) in [5, 5.41) is 4.97. The van der Waals surface area contributed by atoms with E-state index in [0.29, 0.717) is 27.5 Å². The van der Waals surface area contributed by atoms with Crippen molar-refractivity contribution in [2.45, 2.75) is 30.9 Å². The van der Waals surface area contributed by atoms with Gasteiger partial charge in [-0.3, -0.25) is 0 Å². The molecule has 1 heterocycles. The van der Waals surface area contributed by atoms with E-state index in [-0.39, 0.29) is 0 Å². The summed E-state index contributed by atoms with van der Waals surface area (Å²) in [7, 11) is 0. The van der Waals surface area contributed by atoms with E-state index < -0.39 is 11.6 Å². The Labute approximate surface area is 161 Å². The van der Waals surface area contributed by atoms with E-state index in [0.717, 1.165) is 24.8 Å². The molecule has 1 atom stereocenters. The van der Waals surface area contributed by atoms with Gasteiger partial charge < -0.3 is 15.0 Å². The zero-order valence-electron chi connectivity index (χ0n) is 13.9. The fourth-order valence-corrected chi connectivity index (χ4v) is 3.19. The van der Waals surface area contributed by atoms with Crippen molar-refractivity contribution in [3.05, 3.63) is 75.9 Å². The van der Waals surface area contributed by atoms with Gasteiger partial charge in [0.2, 0.25) is 6.10 Å². The van der Waals surface area contributed by atoms with Gasteiger partial charge in [0.15, 0.2) is 5.82 Å². The highest BCUT2D eigenvalue weighted by Gasteiger charge is 2.40. The van der Waals surface area contributed by atoms with E-state index in [4.69, 9.17) is 38.2 Å². The molecule has 4 rings (SSSR count). The molecule has 1 aliphatic carbocycles. The van der Waals surface area contributed by atoms with E-state index >= 15 is 0 Å². The van der Waals surface area contributed by atoms with Crippen LogP contribution in [0.2, 0.25) is 10.0 Å². The molecule has 2 aromatic carbocycles. The van der Waals surface area contributed by atoms with Crippen LogP contribution < -0.4 is 10.5 Å². The highest BCUT2D eigenvalue weighted by molar-refractivity contribution is 6.42. The highest BCUT2D eigenvalue weighted by Crippen LogP contribution is 2.38. The molecular weight excluding hydrogens is 373 g/mol. The Bertz CT molecular complexity index is 910. The van der Waals surface area contributed by atoms with Crippen molar-refractivity contribution in [1.82, 2.24) is 10.1 Å². The zero-order chi connectivity index (χ0) is 18.1. The van der Waals surface area contributed by atoms with E-state index in [1.165, 1.54) is 0 Å². The molecule has 0 radical (unpaired) electrons. The Kier molecular flexibility index (Phi) is 4.61. The van der Waals surface area contributed by atoms with Gasteiger partial charge in [-0.15, -0.1) is 0 Å². The molecule has 0 saturated heterocycles. The standard InChI is InChI=1S/C19H17Cl2N3O2/c20-14-8-7-13(11-15(14)21)25-16(12-5-2-1-3-6-12)17-23-18(24-26-17)19(22)9-4-10-19/h1-3,5-8,11,16H,4,9-10,22H2. The van der Waals surface area contributed by atoms with Gasteiger partial charge in [-0.05, 0) is 31.4 Å². The van der Waals surface area contributed by atoms with Crippen LogP contribution in [0.1, 0.15) is 42.6 Å². The molecule has 7 heteroatoms. The van der Waals surface area contributed by atoms with Crippen LogP contribution in [0.25, 0.3) is 0 Å². The Hall–Kier alpha value is -2.08. The maximum absolute atomic E-state index is 6.31. The first-order chi connectivity index (χ1) is 12.5. The van der Waals surface area contributed by atoms with E-state index in [2.05, 4.69) is 10.1 Å². The van der Waals surface area contributed by atoms with Crippen molar-refractivity contribution in [3.63, 3.8) is 0 Å². The van der Waals surface area contributed by atoms with Crippen molar-refractivity contribution < 1.29 is 9.26 Å². The molecule has 1 aromatic heterocycles. The van der Waals surface area contributed by atoms with Gasteiger partial charge in [0.1, 0.15) is 5.75 Å². The number of halogens is 2. The summed E-state index contributed by atoms with van der Waals surface area (Å²) >= 11 is 12.1. The fraction of sp³-hybridized carbons (Fsp3) is 0.263. The normalized spacial score (nSPS) is 16.7. The molecular formula is C19H17Cl2N3O2. The largest absolute Gasteiger partial charge is 0.476 e. The summed E-state index contributed by atoms with van der Waals surface area (Å²) in [6.07, 6.45) is 2.21. The first kappa shape index (κ1) is 17.3. The second-order valence-electron chi connectivity index (χ2n) is 6.45. The van der Waals surface area contributed by atoms with Gasteiger partial charge in [0.25, 0.3) is 5.89 Å². The van der Waals surface area contributed by atoms with Gasteiger partial charge >= 0.3 is 0 Å². The molecule has 134 valence electrons.